The molecule has 6 nitrogen and oxygen atoms in total. The quantitative estimate of drug-likeness (QED) is 0.896. The van der Waals surface area contributed by atoms with Crippen molar-refractivity contribution in [1.29, 1.82) is 0 Å². The van der Waals surface area contributed by atoms with Gasteiger partial charge in [-0.05, 0) is 24.6 Å². The van der Waals surface area contributed by atoms with E-state index in [0.29, 0.717) is 5.82 Å². The van der Waals surface area contributed by atoms with Crippen molar-refractivity contribution in [1.82, 2.24) is 10.2 Å². The van der Waals surface area contributed by atoms with Crippen LogP contribution in [-0.2, 0) is 16.3 Å². The lowest BCUT2D eigenvalue weighted by molar-refractivity contribution is 0.102. The smallest absolute Gasteiger partial charge is 0.256 e. The summed E-state index contributed by atoms with van der Waals surface area (Å²) in [7, 11) is -3.33. The van der Waals surface area contributed by atoms with Gasteiger partial charge in [0.1, 0.15) is 0 Å². The van der Waals surface area contributed by atoms with E-state index in [1.807, 2.05) is 6.92 Å². The Morgan fingerprint density at radius 2 is 2.10 bits per heavy atom. The minimum atomic E-state index is -3.33. The van der Waals surface area contributed by atoms with Crippen molar-refractivity contribution >= 4 is 21.6 Å². The van der Waals surface area contributed by atoms with Gasteiger partial charge in [-0.1, -0.05) is 13.0 Å². The van der Waals surface area contributed by atoms with Crippen LogP contribution in [0.15, 0.2) is 35.2 Å². The minimum Gasteiger partial charge on any atom is -0.305 e. The maximum Gasteiger partial charge on any atom is 0.256 e. The van der Waals surface area contributed by atoms with E-state index in [1.54, 1.807) is 12.1 Å². The number of aromatic amines is 1. The topological polar surface area (TPSA) is 91.9 Å². The molecular formula is C13H15N3O3S. The van der Waals surface area contributed by atoms with Gasteiger partial charge in [0.05, 0.1) is 4.90 Å². The van der Waals surface area contributed by atoms with Crippen molar-refractivity contribution in [3.05, 3.63) is 41.6 Å². The van der Waals surface area contributed by atoms with E-state index in [9.17, 15) is 13.2 Å². The summed E-state index contributed by atoms with van der Waals surface area (Å²) in [6, 6.07) is 7.62. The van der Waals surface area contributed by atoms with Crippen molar-refractivity contribution in [3.63, 3.8) is 0 Å². The molecular weight excluding hydrogens is 278 g/mol. The highest BCUT2D eigenvalue weighted by Crippen LogP contribution is 2.13. The Bertz CT molecular complexity index is 735. The van der Waals surface area contributed by atoms with Gasteiger partial charge in [0, 0.05) is 23.6 Å². The van der Waals surface area contributed by atoms with Crippen molar-refractivity contribution < 1.29 is 13.2 Å². The van der Waals surface area contributed by atoms with Crippen molar-refractivity contribution in [2.24, 2.45) is 0 Å². The van der Waals surface area contributed by atoms with Gasteiger partial charge >= 0.3 is 0 Å². The van der Waals surface area contributed by atoms with E-state index >= 15 is 0 Å². The molecule has 0 fully saturated rings. The van der Waals surface area contributed by atoms with Gasteiger partial charge in [0.2, 0.25) is 0 Å². The largest absolute Gasteiger partial charge is 0.305 e. The number of nitrogens with zero attached hydrogens (tertiary/aromatic N) is 1. The molecule has 0 unspecified atom stereocenters. The third-order valence-corrected chi connectivity index (χ3v) is 3.89. The maximum atomic E-state index is 12.0. The van der Waals surface area contributed by atoms with Crippen molar-refractivity contribution in [3.8, 4) is 0 Å². The molecule has 20 heavy (non-hydrogen) atoms. The Labute approximate surface area is 117 Å². The van der Waals surface area contributed by atoms with E-state index in [-0.39, 0.29) is 10.5 Å². The Hall–Kier alpha value is -2.15. The molecule has 2 N–H and O–H groups in total. The monoisotopic (exact) mass is 293 g/mol. The third kappa shape index (κ3) is 3.24. The second-order valence-electron chi connectivity index (χ2n) is 4.39. The molecule has 7 heteroatoms. The molecule has 106 valence electrons. The molecule has 0 aliphatic rings. The fourth-order valence-corrected chi connectivity index (χ4v) is 2.33. The second-order valence-corrected chi connectivity index (χ2v) is 6.40. The lowest BCUT2D eigenvalue weighted by Crippen LogP contribution is -2.13. The van der Waals surface area contributed by atoms with Gasteiger partial charge in [-0.3, -0.25) is 9.89 Å². The number of rotatable bonds is 4. The van der Waals surface area contributed by atoms with Crippen molar-refractivity contribution in [2.75, 3.05) is 11.6 Å². The highest BCUT2D eigenvalue weighted by atomic mass is 32.2. The number of sulfone groups is 1. The van der Waals surface area contributed by atoms with E-state index in [4.69, 9.17) is 0 Å². The molecule has 0 saturated carbocycles. The minimum absolute atomic E-state index is 0.112. The fourth-order valence-electron chi connectivity index (χ4n) is 1.66. The van der Waals surface area contributed by atoms with E-state index in [1.165, 1.54) is 18.2 Å². The molecule has 0 aliphatic carbocycles. The highest BCUT2D eigenvalue weighted by Gasteiger charge is 2.12. The average Bonchev–Trinajstić information content (AvgIpc) is 2.85. The molecule has 0 radical (unpaired) electrons. The van der Waals surface area contributed by atoms with Gasteiger partial charge in [0.15, 0.2) is 15.7 Å². The molecule has 0 atom stereocenters. The highest BCUT2D eigenvalue weighted by molar-refractivity contribution is 7.90. The second kappa shape index (κ2) is 5.46. The van der Waals surface area contributed by atoms with Crippen LogP contribution in [0, 0.1) is 0 Å². The summed E-state index contributed by atoms with van der Waals surface area (Å²) in [4.78, 5) is 12.1. The van der Waals surface area contributed by atoms with Gasteiger partial charge < -0.3 is 5.32 Å². The van der Waals surface area contributed by atoms with Crippen LogP contribution < -0.4 is 5.32 Å². The van der Waals surface area contributed by atoms with Gasteiger partial charge in [-0.15, -0.1) is 0 Å². The number of hydrogen-bond donors (Lipinski definition) is 2. The molecule has 2 aromatic rings. The molecule has 0 saturated heterocycles. The summed E-state index contributed by atoms with van der Waals surface area (Å²) >= 11 is 0. The Morgan fingerprint density at radius 3 is 2.70 bits per heavy atom. The van der Waals surface area contributed by atoms with Crippen LogP contribution in [0.3, 0.4) is 0 Å². The number of carbonyl (C=O) groups is 1. The van der Waals surface area contributed by atoms with Crippen LogP contribution in [0.25, 0.3) is 0 Å². The third-order valence-electron chi connectivity index (χ3n) is 2.78. The van der Waals surface area contributed by atoms with E-state index in [2.05, 4.69) is 15.5 Å². The molecule has 0 bridgehead atoms. The number of aryl methyl sites for hydroxylation is 1. The van der Waals surface area contributed by atoms with Crippen LogP contribution in [0.5, 0.6) is 0 Å². The zero-order valence-corrected chi connectivity index (χ0v) is 12.0. The number of nitrogens with one attached hydrogen (secondary N) is 2. The Balaban J connectivity index is 2.21. The van der Waals surface area contributed by atoms with E-state index < -0.39 is 15.7 Å². The van der Waals surface area contributed by atoms with Crippen LogP contribution in [-0.4, -0.2) is 30.8 Å². The maximum absolute atomic E-state index is 12.0. The van der Waals surface area contributed by atoms with Crippen LogP contribution in [0.2, 0.25) is 0 Å². The number of aromatic nitrogens is 2. The first-order valence-electron chi connectivity index (χ1n) is 6.06. The van der Waals surface area contributed by atoms with Crippen LogP contribution >= 0.6 is 0 Å². The van der Waals surface area contributed by atoms with Gasteiger partial charge in [-0.2, -0.15) is 5.10 Å². The lowest BCUT2D eigenvalue weighted by Gasteiger charge is -2.04. The Morgan fingerprint density at radius 1 is 1.35 bits per heavy atom. The summed E-state index contributed by atoms with van der Waals surface area (Å²) < 4.78 is 22.9. The van der Waals surface area contributed by atoms with E-state index in [0.717, 1.165) is 18.4 Å². The lowest BCUT2D eigenvalue weighted by atomic mass is 10.2. The Kier molecular flexibility index (Phi) is 3.89. The average molecular weight is 293 g/mol. The van der Waals surface area contributed by atoms with Crippen LogP contribution in [0.4, 0.5) is 5.82 Å². The zero-order chi connectivity index (χ0) is 14.8. The number of amides is 1. The zero-order valence-electron chi connectivity index (χ0n) is 11.2. The van der Waals surface area contributed by atoms with Crippen molar-refractivity contribution in [2.45, 2.75) is 18.2 Å². The van der Waals surface area contributed by atoms with Gasteiger partial charge in [-0.25, -0.2) is 8.42 Å². The molecule has 2 rings (SSSR count). The molecule has 0 spiro atoms. The molecule has 0 aliphatic heterocycles. The number of benzene rings is 1. The van der Waals surface area contributed by atoms with Gasteiger partial charge in [0.25, 0.3) is 5.91 Å². The summed E-state index contributed by atoms with van der Waals surface area (Å²) in [6.45, 7) is 1.97. The van der Waals surface area contributed by atoms with Crippen LogP contribution in [0.1, 0.15) is 23.0 Å². The predicted molar refractivity (Wildman–Crippen MR) is 75.5 cm³/mol. The fraction of sp³-hybridized carbons (Fsp3) is 0.231. The number of anilines is 1. The summed E-state index contributed by atoms with van der Waals surface area (Å²) in [5.74, 6) is 0.0151. The SMILES string of the molecule is CCc1cc(NC(=O)c2cccc(S(C)(=O)=O)c2)n[nH]1. The molecule has 1 heterocycles. The molecule has 1 amide bonds. The summed E-state index contributed by atoms with van der Waals surface area (Å²) in [5, 5.41) is 9.35. The predicted octanol–water partition coefficient (Wildman–Crippen LogP) is 1.63. The molecule has 1 aromatic heterocycles. The number of carbonyl (C=O) groups excluding carboxylic acids is 1. The summed E-state index contributed by atoms with van der Waals surface area (Å²) in [6.07, 6.45) is 1.89. The first-order chi connectivity index (χ1) is 9.40. The molecule has 1 aromatic carbocycles. The first kappa shape index (κ1) is 14.3. The summed E-state index contributed by atoms with van der Waals surface area (Å²) in [5.41, 5.74) is 1.18. The number of H-pyrrole nitrogens is 1. The normalized spacial score (nSPS) is 11.3. The standard InChI is InChI=1S/C13H15N3O3S/c1-3-10-8-12(16-15-10)14-13(17)9-5-4-6-11(7-9)20(2,18)19/h4-8H,3H2,1-2H3,(H2,14,15,16,17). The first-order valence-corrected chi connectivity index (χ1v) is 7.95. The number of hydrogen-bond acceptors (Lipinski definition) is 4.